The highest BCUT2D eigenvalue weighted by atomic mass is 16.5. The van der Waals surface area contributed by atoms with Gasteiger partial charge in [-0.3, -0.25) is 14.8 Å². The summed E-state index contributed by atoms with van der Waals surface area (Å²) in [5.41, 5.74) is 10.2. The third kappa shape index (κ3) is 6.97. The van der Waals surface area contributed by atoms with Crippen LogP contribution in [0.15, 0.2) is 89.9 Å². The number of aliphatic imine (C=N–C) groups is 1. The van der Waals surface area contributed by atoms with Crippen molar-refractivity contribution in [2.45, 2.75) is 122 Å². The maximum atomic E-state index is 6.54. The zero-order valence-corrected chi connectivity index (χ0v) is 33.9. The molecule has 0 unspecified atom stereocenters. The van der Waals surface area contributed by atoms with E-state index < -0.39 is 0 Å². The van der Waals surface area contributed by atoms with Crippen LogP contribution in [0.1, 0.15) is 92.2 Å². The zero-order chi connectivity index (χ0) is 38.2. The molecule has 0 aliphatic carbocycles. The predicted octanol–water partition coefficient (Wildman–Crippen LogP) is 10.6. The first-order chi connectivity index (χ1) is 25.5. The second-order valence-corrected chi connectivity index (χ2v) is 18.6. The lowest BCUT2D eigenvalue weighted by atomic mass is 9.78. The molecule has 54 heavy (non-hydrogen) atoms. The summed E-state index contributed by atoms with van der Waals surface area (Å²) in [6.45, 7) is 18.5. The molecule has 1 aromatic heterocycles. The lowest BCUT2D eigenvalue weighted by Gasteiger charge is -2.53. The minimum absolute atomic E-state index is 0.0842. The molecule has 0 saturated carbocycles. The van der Waals surface area contributed by atoms with E-state index >= 15 is 0 Å². The van der Waals surface area contributed by atoms with Gasteiger partial charge in [0.15, 0.2) is 0 Å². The molecule has 4 aromatic carbocycles. The summed E-state index contributed by atoms with van der Waals surface area (Å²) >= 11 is 0. The Kier molecular flexibility index (Phi) is 8.85. The van der Waals surface area contributed by atoms with E-state index in [0.717, 1.165) is 94.1 Å². The first-order valence-corrected chi connectivity index (χ1v) is 19.7. The molecule has 3 aliphatic rings. The zero-order valence-electron chi connectivity index (χ0n) is 33.9. The SMILES string of the molecule is CN1C(C)(C)CC(Oc2ccc(C3=Nc4cc(-c5ccc6nc(-c7ccc(OC8CC(C)(C)N(C)C(C)(C)C8)cc7)[nH]c6c5)ccc4C3)cc2)CC1(C)C. The molecule has 0 bridgehead atoms. The molecular formula is C47H57N5O2. The number of likely N-dealkylation sites (tertiary alicyclic amines) is 2. The molecule has 5 aromatic rings. The Morgan fingerprint density at radius 1 is 0.574 bits per heavy atom. The third-order valence-corrected chi connectivity index (χ3v) is 13.0. The van der Waals surface area contributed by atoms with Crippen LogP contribution in [0, 0.1) is 0 Å². The van der Waals surface area contributed by atoms with Crippen LogP contribution in [0.25, 0.3) is 33.5 Å². The quantitative estimate of drug-likeness (QED) is 0.181. The van der Waals surface area contributed by atoms with Crippen LogP contribution in [0.5, 0.6) is 11.5 Å². The van der Waals surface area contributed by atoms with E-state index in [1.165, 1.54) is 5.56 Å². The Morgan fingerprint density at radius 3 is 1.57 bits per heavy atom. The van der Waals surface area contributed by atoms with Gasteiger partial charge in [-0.25, -0.2) is 4.98 Å². The highest BCUT2D eigenvalue weighted by Crippen LogP contribution is 2.41. The van der Waals surface area contributed by atoms with Gasteiger partial charge in [0, 0.05) is 59.8 Å². The first-order valence-electron chi connectivity index (χ1n) is 19.7. The van der Waals surface area contributed by atoms with E-state index in [-0.39, 0.29) is 34.4 Å². The number of ether oxygens (including phenoxy) is 2. The van der Waals surface area contributed by atoms with Gasteiger partial charge in [0.2, 0.25) is 0 Å². The van der Waals surface area contributed by atoms with E-state index in [9.17, 15) is 0 Å². The average molecular weight is 724 g/mol. The highest BCUT2D eigenvalue weighted by molar-refractivity contribution is 6.07. The van der Waals surface area contributed by atoms with Gasteiger partial charge in [0.05, 0.1) is 22.4 Å². The molecule has 2 fully saturated rings. The largest absolute Gasteiger partial charge is 0.490 e. The average Bonchev–Trinajstić information content (AvgIpc) is 3.74. The summed E-state index contributed by atoms with van der Waals surface area (Å²) in [7, 11) is 4.46. The molecule has 0 amide bonds. The predicted molar refractivity (Wildman–Crippen MR) is 222 cm³/mol. The van der Waals surface area contributed by atoms with Gasteiger partial charge in [-0.05, 0) is 158 Å². The Morgan fingerprint density at radius 2 is 1.04 bits per heavy atom. The molecule has 2 saturated heterocycles. The van der Waals surface area contributed by atoms with Crippen LogP contribution in [0.4, 0.5) is 5.69 Å². The Bertz CT molecular complexity index is 2170. The summed E-state index contributed by atoms with van der Waals surface area (Å²) in [4.78, 5) is 18.6. The summed E-state index contributed by atoms with van der Waals surface area (Å²) < 4.78 is 13.1. The number of hydrogen-bond acceptors (Lipinski definition) is 6. The normalized spacial score (nSPS) is 21.2. The summed E-state index contributed by atoms with van der Waals surface area (Å²) in [5.74, 6) is 2.69. The van der Waals surface area contributed by atoms with Gasteiger partial charge >= 0.3 is 0 Å². The molecule has 8 rings (SSSR count). The maximum Gasteiger partial charge on any atom is 0.138 e. The highest BCUT2D eigenvalue weighted by Gasteiger charge is 2.45. The van der Waals surface area contributed by atoms with Crippen molar-refractivity contribution in [3.8, 4) is 34.0 Å². The molecule has 7 heteroatoms. The van der Waals surface area contributed by atoms with Crippen molar-refractivity contribution in [1.29, 1.82) is 0 Å². The Hall–Kier alpha value is -4.46. The van der Waals surface area contributed by atoms with E-state index in [4.69, 9.17) is 19.5 Å². The van der Waals surface area contributed by atoms with Gasteiger partial charge in [0.25, 0.3) is 0 Å². The summed E-state index contributed by atoms with van der Waals surface area (Å²) in [6, 6.07) is 30.0. The number of rotatable bonds is 7. The minimum atomic E-state index is 0.0842. The first kappa shape index (κ1) is 36.5. The standard InChI is InChI=1S/C47H57N5O2/c1-44(2)26-37(27-45(3,4)51(44)9)53-35-18-13-30(14-19-35)40-25-34-12-11-32(23-41(34)48-40)33-17-22-39-42(24-33)50-43(49-39)31-15-20-36(21-16-31)54-38-28-46(5,6)52(10)47(7,8)29-38/h11-24,37-38H,25-29H2,1-10H3,(H,49,50). The number of H-pyrrole nitrogens is 1. The van der Waals surface area contributed by atoms with Crippen LogP contribution in [0.3, 0.4) is 0 Å². The number of nitrogens with zero attached hydrogens (tertiary/aromatic N) is 4. The molecule has 1 N–H and O–H groups in total. The maximum absolute atomic E-state index is 6.54. The lowest BCUT2D eigenvalue weighted by Crippen LogP contribution is -2.60. The van der Waals surface area contributed by atoms with Crippen molar-refractivity contribution in [1.82, 2.24) is 19.8 Å². The monoisotopic (exact) mass is 723 g/mol. The van der Waals surface area contributed by atoms with E-state index in [1.807, 2.05) is 0 Å². The number of benzene rings is 4. The van der Waals surface area contributed by atoms with Gasteiger partial charge < -0.3 is 14.5 Å². The molecule has 3 aliphatic heterocycles. The molecule has 282 valence electrons. The van der Waals surface area contributed by atoms with Gasteiger partial charge in [-0.1, -0.05) is 18.2 Å². The van der Waals surface area contributed by atoms with Gasteiger partial charge in [-0.15, -0.1) is 0 Å². The van der Waals surface area contributed by atoms with Crippen molar-refractivity contribution in [3.63, 3.8) is 0 Å². The third-order valence-electron chi connectivity index (χ3n) is 13.0. The van der Waals surface area contributed by atoms with Gasteiger partial charge in [0.1, 0.15) is 29.5 Å². The molecule has 7 nitrogen and oxygen atoms in total. The fraction of sp³-hybridized carbons (Fsp3) is 0.447. The van der Waals surface area contributed by atoms with Crippen LogP contribution < -0.4 is 9.47 Å². The number of piperidine rings is 2. The number of aromatic nitrogens is 2. The number of fused-ring (bicyclic) bond motifs is 2. The molecule has 0 spiro atoms. The lowest BCUT2D eigenvalue weighted by molar-refractivity contribution is -0.0560. The number of hydrogen-bond donors (Lipinski definition) is 1. The van der Waals surface area contributed by atoms with Crippen LogP contribution in [-0.2, 0) is 6.42 Å². The van der Waals surface area contributed by atoms with E-state index in [0.29, 0.717) is 0 Å². The van der Waals surface area contributed by atoms with Crippen molar-refractivity contribution < 1.29 is 9.47 Å². The van der Waals surface area contributed by atoms with E-state index in [2.05, 4.69) is 169 Å². The summed E-state index contributed by atoms with van der Waals surface area (Å²) in [6.07, 6.45) is 5.21. The number of nitrogens with one attached hydrogen (secondary N) is 1. The van der Waals surface area contributed by atoms with Crippen molar-refractivity contribution in [3.05, 3.63) is 96.1 Å². The summed E-state index contributed by atoms with van der Waals surface area (Å²) in [5, 5.41) is 0. The fourth-order valence-electron chi connectivity index (χ4n) is 9.38. The molecule has 0 radical (unpaired) electrons. The number of imidazole rings is 1. The molecule has 0 atom stereocenters. The fourth-order valence-corrected chi connectivity index (χ4v) is 9.38. The van der Waals surface area contributed by atoms with Crippen molar-refractivity contribution >= 4 is 22.4 Å². The van der Waals surface area contributed by atoms with Crippen LogP contribution in [-0.4, -0.2) is 73.9 Å². The topological polar surface area (TPSA) is 66.0 Å². The van der Waals surface area contributed by atoms with Crippen molar-refractivity contribution in [2.75, 3.05) is 14.1 Å². The smallest absolute Gasteiger partial charge is 0.138 e. The minimum Gasteiger partial charge on any atom is -0.490 e. The van der Waals surface area contributed by atoms with Crippen LogP contribution >= 0.6 is 0 Å². The second kappa shape index (κ2) is 13.1. The molecule has 4 heterocycles. The Balaban J connectivity index is 0.938. The van der Waals surface area contributed by atoms with Crippen molar-refractivity contribution in [2.24, 2.45) is 4.99 Å². The van der Waals surface area contributed by atoms with Crippen LogP contribution in [0.2, 0.25) is 0 Å². The number of aromatic amines is 1. The van der Waals surface area contributed by atoms with E-state index in [1.54, 1.807) is 0 Å². The second-order valence-electron chi connectivity index (χ2n) is 18.6. The molecular weight excluding hydrogens is 667 g/mol. The Labute approximate surface area is 321 Å². The van der Waals surface area contributed by atoms with Gasteiger partial charge in [-0.2, -0.15) is 0 Å².